The van der Waals surface area contributed by atoms with E-state index < -0.39 is 5.97 Å². The first kappa shape index (κ1) is 15.1. The summed E-state index contributed by atoms with van der Waals surface area (Å²) in [6, 6.07) is 7.38. The van der Waals surface area contributed by atoms with Gasteiger partial charge in [-0.15, -0.1) is 0 Å². The van der Waals surface area contributed by atoms with Gasteiger partial charge in [0.15, 0.2) is 5.65 Å². The van der Waals surface area contributed by atoms with E-state index in [0.717, 1.165) is 22.3 Å². The number of carboxylic acids is 1. The predicted octanol–water partition coefficient (Wildman–Crippen LogP) is 1.75. The predicted molar refractivity (Wildman–Crippen MR) is 90.6 cm³/mol. The molecule has 2 aromatic heterocycles. The minimum atomic E-state index is -1.03. The van der Waals surface area contributed by atoms with E-state index in [2.05, 4.69) is 15.4 Å². The number of hydrogen-bond donors (Lipinski definition) is 2. The van der Waals surface area contributed by atoms with Crippen molar-refractivity contribution >= 4 is 34.3 Å². The lowest BCUT2D eigenvalue weighted by molar-refractivity contribution is -0.137. The molecule has 3 aromatic rings. The van der Waals surface area contributed by atoms with Crippen molar-refractivity contribution in [2.75, 3.05) is 11.9 Å². The second-order valence-corrected chi connectivity index (χ2v) is 5.92. The summed E-state index contributed by atoms with van der Waals surface area (Å²) in [6.45, 7) is -0.00791. The zero-order valence-electron chi connectivity index (χ0n) is 13.4. The molecular formula is C17H15N5O3. The summed E-state index contributed by atoms with van der Waals surface area (Å²) in [4.78, 5) is 29.2. The standard InChI is InChI=1S/C17H15N5O3/c1-21-16-11(6-19-21)5-12(7-18-16)20-13-4-2-3-10-8-22(9-14(23)24)17(25)15(10)13/h2-7,20H,8-9H2,1H3,(H,23,24). The van der Waals surface area contributed by atoms with Gasteiger partial charge in [-0.3, -0.25) is 14.3 Å². The minimum Gasteiger partial charge on any atom is -0.480 e. The van der Waals surface area contributed by atoms with Crippen LogP contribution in [0.2, 0.25) is 0 Å². The number of hydrogen-bond acceptors (Lipinski definition) is 5. The van der Waals surface area contributed by atoms with Crippen LogP contribution in [0.5, 0.6) is 0 Å². The van der Waals surface area contributed by atoms with Crippen LogP contribution in [0.1, 0.15) is 15.9 Å². The number of nitrogens with one attached hydrogen (secondary N) is 1. The normalized spacial score (nSPS) is 13.3. The van der Waals surface area contributed by atoms with Crippen LogP contribution in [0.15, 0.2) is 36.7 Å². The number of carbonyl (C=O) groups is 2. The highest BCUT2D eigenvalue weighted by Crippen LogP contribution is 2.31. The Labute approximate surface area is 142 Å². The van der Waals surface area contributed by atoms with E-state index in [1.165, 1.54) is 4.90 Å². The van der Waals surface area contributed by atoms with Gasteiger partial charge >= 0.3 is 5.97 Å². The summed E-state index contributed by atoms with van der Waals surface area (Å²) in [5.41, 5.74) is 3.47. The van der Waals surface area contributed by atoms with E-state index in [-0.39, 0.29) is 12.5 Å². The SMILES string of the molecule is Cn1ncc2cc(Nc3cccc4c3C(=O)N(CC(=O)O)C4)cnc21. The highest BCUT2D eigenvalue weighted by Gasteiger charge is 2.31. The van der Waals surface area contributed by atoms with Crippen molar-refractivity contribution in [2.24, 2.45) is 7.05 Å². The van der Waals surface area contributed by atoms with Crippen LogP contribution in [-0.4, -0.2) is 43.2 Å². The van der Waals surface area contributed by atoms with Crippen molar-refractivity contribution in [1.82, 2.24) is 19.7 Å². The molecule has 1 aromatic carbocycles. The number of carboxylic acid groups (broad SMARTS) is 1. The van der Waals surface area contributed by atoms with Crippen LogP contribution < -0.4 is 5.32 Å². The van der Waals surface area contributed by atoms with E-state index in [4.69, 9.17) is 5.11 Å². The number of pyridine rings is 1. The molecule has 0 atom stereocenters. The van der Waals surface area contributed by atoms with Gasteiger partial charge in [0.25, 0.3) is 5.91 Å². The zero-order valence-corrected chi connectivity index (χ0v) is 13.4. The zero-order chi connectivity index (χ0) is 17.6. The van der Waals surface area contributed by atoms with Crippen molar-refractivity contribution in [3.63, 3.8) is 0 Å². The first-order valence-corrected chi connectivity index (χ1v) is 7.70. The molecule has 1 aliphatic rings. The molecule has 0 radical (unpaired) electrons. The maximum atomic E-state index is 12.6. The number of nitrogens with zero attached hydrogens (tertiary/aromatic N) is 4. The fourth-order valence-corrected chi connectivity index (χ4v) is 3.08. The van der Waals surface area contributed by atoms with Crippen LogP contribution in [0.4, 0.5) is 11.4 Å². The number of anilines is 2. The average Bonchev–Trinajstić information content (AvgIpc) is 3.09. The molecule has 4 rings (SSSR count). The molecular weight excluding hydrogens is 322 g/mol. The molecule has 0 spiro atoms. The summed E-state index contributed by atoms with van der Waals surface area (Å²) in [7, 11) is 1.82. The van der Waals surface area contributed by atoms with Gasteiger partial charge in [-0.25, -0.2) is 4.98 Å². The van der Waals surface area contributed by atoms with Gasteiger partial charge in [0.05, 0.1) is 29.3 Å². The van der Waals surface area contributed by atoms with Crippen molar-refractivity contribution in [1.29, 1.82) is 0 Å². The van der Waals surface area contributed by atoms with Crippen LogP contribution in [0.25, 0.3) is 11.0 Å². The molecule has 3 heterocycles. The number of benzene rings is 1. The first-order chi connectivity index (χ1) is 12.0. The Bertz CT molecular complexity index is 1010. The Morgan fingerprint density at radius 1 is 1.36 bits per heavy atom. The van der Waals surface area contributed by atoms with Crippen molar-refractivity contribution in [3.8, 4) is 0 Å². The van der Waals surface area contributed by atoms with E-state index in [9.17, 15) is 9.59 Å². The van der Waals surface area contributed by atoms with E-state index in [1.807, 2.05) is 25.2 Å². The molecule has 25 heavy (non-hydrogen) atoms. The van der Waals surface area contributed by atoms with Crippen LogP contribution in [0, 0.1) is 0 Å². The maximum absolute atomic E-state index is 12.6. The third-order valence-corrected chi connectivity index (χ3v) is 4.19. The molecule has 8 heteroatoms. The second-order valence-electron chi connectivity index (χ2n) is 5.92. The van der Waals surface area contributed by atoms with Gasteiger partial charge in [0, 0.05) is 19.0 Å². The quantitative estimate of drug-likeness (QED) is 0.752. The fraction of sp³-hybridized carbons (Fsp3) is 0.176. The van der Waals surface area contributed by atoms with E-state index >= 15 is 0 Å². The third kappa shape index (κ3) is 2.57. The highest BCUT2D eigenvalue weighted by molar-refractivity contribution is 6.05. The monoisotopic (exact) mass is 337 g/mol. The largest absolute Gasteiger partial charge is 0.480 e. The van der Waals surface area contributed by atoms with Crippen LogP contribution >= 0.6 is 0 Å². The summed E-state index contributed by atoms with van der Waals surface area (Å²) >= 11 is 0. The number of aliphatic carboxylic acids is 1. The number of aryl methyl sites for hydroxylation is 1. The lowest BCUT2D eigenvalue weighted by Gasteiger charge is -2.13. The molecule has 0 fully saturated rings. The number of carbonyl (C=O) groups excluding carboxylic acids is 1. The minimum absolute atomic E-state index is 0.282. The number of amides is 1. The molecule has 1 aliphatic heterocycles. The van der Waals surface area contributed by atoms with Crippen LogP contribution in [0.3, 0.4) is 0 Å². The maximum Gasteiger partial charge on any atom is 0.323 e. The number of fused-ring (bicyclic) bond motifs is 2. The molecule has 0 unspecified atom stereocenters. The summed E-state index contributed by atoms with van der Waals surface area (Å²) in [6.07, 6.45) is 3.40. The van der Waals surface area contributed by atoms with Gasteiger partial charge in [0.2, 0.25) is 0 Å². The number of rotatable bonds is 4. The van der Waals surface area contributed by atoms with Gasteiger partial charge in [0.1, 0.15) is 6.54 Å². The Hall–Kier alpha value is -3.42. The molecule has 0 saturated heterocycles. The first-order valence-electron chi connectivity index (χ1n) is 7.70. The van der Waals surface area contributed by atoms with Crippen molar-refractivity contribution < 1.29 is 14.7 Å². The summed E-state index contributed by atoms with van der Waals surface area (Å²) < 4.78 is 1.69. The van der Waals surface area contributed by atoms with E-state index in [0.29, 0.717) is 17.8 Å². The lowest BCUT2D eigenvalue weighted by atomic mass is 10.1. The Balaban J connectivity index is 1.67. The van der Waals surface area contributed by atoms with Gasteiger partial charge in [-0.2, -0.15) is 5.10 Å². The Morgan fingerprint density at radius 2 is 2.20 bits per heavy atom. The third-order valence-electron chi connectivity index (χ3n) is 4.19. The molecule has 126 valence electrons. The van der Waals surface area contributed by atoms with E-state index in [1.54, 1.807) is 23.1 Å². The van der Waals surface area contributed by atoms with Crippen molar-refractivity contribution in [2.45, 2.75) is 6.54 Å². The molecule has 0 aliphatic carbocycles. The lowest BCUT2D eigenvalue weighted by Crippen LogP contribution is -2.30. The fourth-order valence-electron chi connectivity index (χ4n) is 3.08. The highest BCUT2D eigenvalue weighted by atomic mass is 16.4. The smallest absolute Gasteiger partial charge is 0.323 e. The molecule has 0 bridgehead atoms. The number of aromatic nitrogens is 3. The van der Waals surface area contributed by atoms with Crippen LogP contribution in [-0.2, 0) is 18.4 Å². The van der Waals surface area contributed by atoms with Gasteiger partial charge in [-0.05, 0) is 17.7 Å². The summed E-state index contributed by atoms with van der Waals surface area (Å²) in [5.74, 6) is -1.31. The Kier molecular flexibility index (Phi) is 3.38. The molecule has 0 saturated carbocycles. The van der Waals surface area contributed by atoms with Gasteiger partial charge < -0.3 is 15.3 Å². The van der Waals surface area contributed by atoms with Crippen molar-refractivity contribution in [3.05, 3.63) is 47.8 Å². The average molecular weight is 337 g/mol. The Morgan fingerprint density at radius 3 is 3.00 bits per heavy atom. The van der Waals surface area contributed by atoms with Gasteiger partial charge in [-0.1, -0.05) is 12.1 Å². The second kappa shape index (κ2) is 5.59. The topological polar surface area (TPSA) is 100 Å². The molecule has 2 N–H and O–H groups in total. The molecule has 1 amide bonds. The summed E-state index contributed by atoms with van der Waals surface area (Å²) in [5, 5.41) is 17.2. The molecule has 8 nitrogen and oxygen atoms in total.